The van der Waals surface area contributed by atoms with Crippen LogP contribution in [-0.2, 0) is 0 Å². The highest BCUT2D eigenvalue weighted by molar-refractivity contribution is 5.26. The van der Waals surface area contributed by atoms with Crippen molar-refractivity contribution in [2.24, 2.45) is 0 Å². The molecule has 1 heteroatoms. The van der Waals surface area contributed by atoms with E-state index >= 15 is 0 Å². The van der Waals surface area contributed by atoms with E-state index in [0.29, 0.717) is 6.04 Å². The lowest BCUT2D eigenvalue weighted by Gasteiger charge is -2.13. The third-order valence-electron chi connectivity index (χ3n) is 2.28. The van der Waals surface area contributed by atoms with Crippen LogP contribution in [0.4, 0.5) is 0 Å². The van der Waals surface area contributed by atoms with Crippen LogP contribution in [0, 0.1) is 18.8 Å². The Morgan fingerprint density at radius 1 is 1.43 bits per heavy atom. The third-order valence-corrected chi connectivity index (χ3v) is 2.28. The molecule has 0 aliphatic rings. The van der Waals surface area contributed by atoms with Gasteiger partial charge in [0.15, 0.2) is 0 Å². The summed E-state index contributed by atoms with van der Waals surface area (Å²) in [7, 11) is 1.98. The highest BCUT2D eigenvalue weighted by Crippen LogP contribution is 2.16. The van der Waals surface area contributed by atoms with Gasteiger partial charge in [0.25, 0.3) is 0 Å². The molecule has 0 amide bonds. The summed E-state index contributed by atoms with van der Waals surface area (Å²) in [6, 6.07) is 8.91. The van der Waals surface area contributed by atoms with Gasteiger partial charge in [-0.15, -0.1) is 11.8 Å². The first kappa shape index (κ1) is 10.8. The molecule has 1 rings (SSSR count). The van der Waals surface area contributed by atoms with Gasteiger partial charge in [0.05, 0.1) is 0 Å². The first-order chi connectivity index (χ1) is 6.77. The molecule has 0 aliphatic heterocycles. The van der Waals surface area contributed by atoms with E-state index in [9.17, 15) is 0 Å². The summed E-state index contributed by atoms with van der Waals surface area (Å²) in [5.41, 5.74) is 2.61. The maximum absolute atomic E-state index is 3.28. The molecule has 1 N–H and O–H groups in total. The molecule has 0 aromatic heterocycles. The standard InChI is InChI=1S/C13H17N/c1-4-5-9-13(14-3)12-8-6-7-11(2)10-12/h6-8,10,13-14H,9H2,1-3H3. The van der Waals surface area contributed by atoms with E-state index in [0.717, 1.165) is 6.42 Å². The van der Waals surface area contributed by atoms with Crippen molar-refractivity contribution in [1.82, 2.24) is 5.32 Å². The molecule has 0 saturated heterocycles. The Balaban J connectivity index is 2.81. The Kier molecular flexibility index (Phi) is 4.22. The van der Waals surface area contributed by atoms with Crippen molar-refractivity contribution in [3.8, 4) is 11.8 Å². The Labute approximate surface area is 86.5 Å². The number of hydrogen-bond donors (Lipinski definition) is 1. The average molecular weight is 187 g/mol. The number of aryl methyl sites for hydroxylation is 1. The molecule has 0 aliphatic carbocycles. The van der Waals surface area contributed by atoms with Gasteiger partial charge in [-0.25, -0.2) is 0 Å². The van der Waals surface area contributed by atoms with Gasteiger partial charge in [0, 0.05) is 12.5 Å². The van der Waals surface area contributed by atoms with Crippen molar-refractivity contribution in [3.05, 3.63) is 35.4 Å². The van der Waals surface area contributed by atoms with E-state index in [4.69, 9.17) is 0 Å². The second-order valence-corrected chi connectivity index (χ2v) is 3.39. The normalized spacial score (nSPS) is 11.6. The second-order valence-electron chi connectivity index (χ2n) is 3.39. The lowest BCUT2D eigenvalue weighted by atomic mass is 10.0. The smallest absolute Gasteiger partial charge is 0.0428 e. The molecule has 1 atom stereocenters. The monoisotopic (exact) mass is 187 g/mol. The lowest BCUT2D eigenvalue weighted by Crippen LogP contribution is -2.15. The SMILES string of the molecule is CC#CCC(NC)c1cccc(C)c1. The molecule has 1 aromatic rings. The molecule has 0 radical (unpaired) electrons. The minimum absolute atomic E-state index is 0.349. The first-order valence-electron chi connectivity index (χ1n) is 4.91. The van der Waals surface area contributed by atoms with Crippen LogP contribution in [0.3, 0.4) is 0 Å². The van der Waals surface area contributed by atoms with Gasteiger partial charge in [0.2, 0.25) is 0 Å². The molecule has 0 fully saturated rings. The number of nitrogens with one attached hydrogen (secondary N) is 1. The van der Waals surface area contributed by atoms with Gasteiger partial charge in [-0.3, -0.25) is 0 Å². The summed E-state index contributed by atoms with van der Waals surface area (Å²) in [6.45, 7) is 3.99. The highest BCUT2D eigenvalue weighted by Gasteiger charge is 2.06. The zero-order valence-corrected chi connectivity index (χ0v) is 9.09. The van der Waals surface area contributed by atoms with Crippen LogP contribution in [-0.4, -0.2) is 7.05 Å². The van der Waals surface area contributed by atoms with Gasteiger partial charge in [-0.05, 0) is 26.5 Å². The number of rotatable bonds is 3. The Morgan fingerprint density at radius 3 is 2.79 bits per heavy atom. The topological polar surface area (TPSA) is 12.0 Å². The zero-order chi connectivity index (χ0) is 10.4. The molecular weight excluding hydrogens is 170 g/mol. The van der Waals surface area contributed by atoms with Crippen molar-refractivity contribution in [2.75, 3.05) is 7.05 Å². The minimum Gasteiger partial charge on any atom is -0.312 e. The predicted octanol–water partition coefficient (Wildman–Crippen LogP) is 2.67. The maximum atomic E-state index is 3.28. The van der Waals surface area contributed by atoms with Crippen molar-refractivity contribution in [3.63, 3.8) is 0 Å². The quantitative estimate of drug-likeness (QED) is 0.717. The average Bonchev–Trinajstić information content (AvgIpc) is 2.19. The zero-order valence-electron chi connectivity index (χ0n) is 9.09. The molecule has 1 unspecified atom stereocenters. The van der Waals surface area contributed by atoms with Gasteiger partial charge in [-0.1, -0.05) is 29.8 Å². The first-order valence-corrected chi connectivity index (χ1v) is 4.91. The second kappa shape index (κ2) is 5.47. The summed E-state index contributed by atoms with van der Waals surface area (Å²) in [5, 5.41) is 3.28. The fourth-order valence-corrected chi connectivity index (χ4v) is 1.48. The van der Waals surface area contributed by atoms with Crippen molar-refractivity contribution < 1.29 is 0 Å². The van der Waals surface area contributed by atoms with Gasteiger partial charge >= 0.3 is 0 Å². The molecule has 74 valence electrons. The molecule has 0 spiro atoms. The maximum Gasteiger partial charge on any atom is 0.0428 e. The van der Waals surface area contributed by atoms with Crippen molar-refractivity contribution in [2.45, 2.75) is 26.3 Å². The largest absolute Gasteiger partial charge is 0.312 e. The van der Waals surface area contributed by atoms with Crippen LogP contribution in [0.15, 0.2) is 24.3 Å². The van der Waals surface area contributed by atoms with E-state index in [1.54, 1.807) is 0 Å². The molecular formula is C13H17N. The van der Waals surface area contributed by atoms with Crippen molar-refractivity contribution >= 4 is 0 Å². The highest BCUT2D eigenvalue weighted by atomic mass is 14.9. The van der Waals surface area contributed by atoms with Gasteiger partial charge in [0.1, 0.15) is 0 Å². The summed E-state index contributed by atoms with van der Waals surface area (Å²) in [4.78, 5) is 0. The third kappa shape index (κ3) is 2.90. The van der Waals surface area contributed by atoms with E-state index in [1.165, 1.54) is 11.1 Å². The van der Waals surface area contributed by atoms with E-state index in [2.05, 4.69) is 48.3 Å². The molecule has 0 saturated carbocycles. The number of benzene rings is 1. The van der Waals surface area contributed by atoms with Crippen LogP contribution in [0.5, 0.6) is 0 Å². The van der Waals surface area contributed by atoms with Crippen LogP contribution in [0.25, 0.3) is 0 Å². The summed E-state index contributed by atoms with van der Waals surface area (Å²) in [6.07, 6.45) is 0.871. The van der Waals surface area contributed by atoms with E-state index in [-0.39, 0.29) is 0 Å². The Hall–Kier alpha value is -1.26. The molecule has 0 bridgehead atoms. The lowest BCUT2D eigenvalue weighted by molar-refractivity contribution is 0.611. The van der Waals surface area contributed by atoms with Crippen LogP contribution < -0.4 is 5.32 Å². The Morgan fingerprint density at radius 2 is 2.21 bits per heavy atom. The predicted molar refractivity (Wildman–Crippen MR) is 61.0 cm³/mol. The number of hydrogen-bond acceptors (Lipinski definition) is 1. The van der Waals surface area contributed by atoms with Crippen LogP contribution in [0.1, 0.15) is 30.5 Å². The van der Waals surface area contributed by atoms with Gasteiger partial charge < -0.3 is 5.32 Å². The fourth-order valence-electron chi connectivity index (χ4n) is 1.48. The molecule has 0 heterocycles. The summed E-state index contributed by atoms with van der Waals surface area (Å²) < 4.78 is 0. The molecule has 14 heavy (non-hydrogen) atoms. The van der Waals surface area contributed by atoms with E-state index in [1.807, 2.05) is 14.0 Å². The summed E-state index contributed by atoms with van der Waals surface area (Å²) >= 11 is 0. The van der Waals surface area contributed by atoms with Crippen molar-refractivity contribution in [1.29, 1.82) is 0 Å². The summed E-state index contributed by atoms with van der Waals surface area (Å²) in [5.74, 6) is 6.03. The van der Waals surface area contributed by atoms with Crippen LogP contribution >= 0.6 is 0 Å². The minimum atomic E-state index is 0.349. The Bertz CT molecular complexity index is 344. The molecule has 1 aromatic carbocycles. The fraction of sp³-hybridized carbons (Fsp3) is 0.385. The van der Waals surface area contributed by atoms with E-state index < -0.39 is 0 Å². The van der Waals surface area contributed by atoms with Gasteiger partial charge in [-0.2, -0.15) is 0 Å². The molecule has 1 nitrogen and oxygen atoms in total. The van der Waals surface area contributed by atoms with Crippen LogP contribution in [0.2, 0.25) is 0 Å².